The number of anilines is 1. The first-order chi connectivity index (χ1) is 31.6. The number of benzene rings is 1. The molecule has 1 aromatic carbocycles. The van der Waals surface area contributed by atoms with E-state index in [-0.39, 0.29) is 54.0 Å². The molecule has 68 heavy (non-hydrogen) atoms. The molecule has 3 aliphatic heterocycles. The van der Waals surface area contributed by atoms with Crippen LogP contribution in [0.5, 0.6) is 5.75 Å². The third-order valence-electron chi connectivity index (χ3n) is 12.4. The molecular weight excluding hydrogens is 940 g/mol. The van der Waals surface area contributed by atoms with E-state index in [0.29, 0.717) is 36.6 Å². The number of halogens is 1. The van der Waals surface area contributed by atoms with Gasteiger partial charge in [-0.3, -0.25) is 33.7 Å². The molecule has 0 spiro atoms. The number of imide groups is 1. The SMILES string of the molecule is COc1cc2cc(c1Cl)N(C)C(=O)C[C@H](OC(=O)[C@H](C)N(C)C(=O)CCC(C)(C)SSCCNC(=O)CCN1C(=O)C=CC1=O)[C@]1(C)O[C@H]1[C@@](C)(COC(C)=O)C[C@](C)(O)[C@H](O)/C=C/C=C(\C)C2. The Hall–Kier alpha value is -4.40. The molecule has 1 saturated heterocycles. The summed E-state index contributed by atoms with van der Waals surface area (Å²) in [5.41, 5.74) is -2.35. The molecule has 0 aliphatic carbocycles. The van der Waals surface area contributed by atoms with Crippen molar-refractivity contribution in [2.24, 2.45) is 5.41 Å². The van der Waals surface area contributed by atoms with Crippen molar-refractivity contribution in [2.45, 2.75) is 134 Å². The summed E-state index contributed by atoms with van der Waals surface area (Å²) in [6.07, 6.45) is 4.16. The molecule has 376 valence electrons. The maximum Gasteiger partial charge on any atom is 0.328 e. The van der Waals surface area contributed by atoms with Gasteiger partial charge in [-0.15, -0.1) is 0 Å². The quantitative estimate of drug-likeness (QED) is 0.0606. The van der Waals surface area contributed by atoms with Gasteiger partial charge in [-0.1, -0.05) is 63.9 Å². The molecular formula is C48H67ClN4O13S2. The third kappa shape index (κ3) is 14.8. The van der Waals surface area contributed by atoms with Gasteiger partial charge in [0.25, 0.3) is 11.8 Å². The van der Waals surface area contributed by atoms with Crippen LogP contribution in [0.4, 0.5) is 5.69 Å². The fourth-order valence-corrected chi connectivity index (χ4v) is 11.0. The molecule has 1 aromatic rings. The van der Waals surface area contributed by atoms with Crippen LogP contribution >= 0.6 is 33.2 Å². The Bertz CT molecular complexity index is 2160. The number of amides is 5. The minimum Gasteiger partial charge on any atom is -0.495 e. The number of aliphatic hydroxyl groups excluding tert-OH is 1. The molecule has 0 unspecified atom stereocenters. The van der Waals surface area contributed by atoms with Crippen LogP contribution in [0.2, 0.25) is 5.02 Å². The summed E-state index contributed by atoms with van der Waals surface area (Å²) >= 11 is 6.80. The van der Waals surface area contributed by atoms with Crippen molar-refractivity contribution in [1.82, 2.24) is 15.1 Å². The largest absolute Gasteiger partial charge is 0.495 e. The number of nitrogens with one attached hydrogen (secondary N) is 1. The highest BCUT2D eigenvalue weighted by molar-refractivity contribution is 8.77. The second kappa shape index (κ2) is 23.5. The van der Waals surface area contributed by atoms with Gasteiger partial charge in [0.2, 0.25) is 17.7 Å². The van der Waals surface area contributed by atoms with Gasteiger partial charge in [0, 0.05) is 75.0 Å². The average molecular weight is 1010 g/mol. The number of hydrogen-bond acceptors (Lipinski definition) is 15. The van der Waals surface area contributed by atoms with E-state index in [1.165, 1.54) is 73.8 Å². The molecule has 0 saturated carbocycles. The van der Waals surface area contributed by atoms with Crippen LogP contribution in [-0.4, -0.2) is 148 Å². The van der Waals surface area contributed by atoms with E-state index in [4.69, 9.17) is 30.5 Å². The number of esters is 2. The van der Waals surface area contributed by atoms with Gasteiger partial charge in [0.15, 0.2) is 0 Å². The maximum absolute atomic E-state index is 14.4. The zero-order valence-electron chi connectivity index (χ0n) is 40.8. The first kappa shape index (κ1) is 56.2. The second-order valence-electron chi connectivity index (χ2n) is 19.0. The molecule has 0 aromatic heterocycles. The summed E-state index contributed by atoms with van der Waals surface area (Å²) in [6, 6.07) is 2.42. The fourth-order valence-electron chi connectivity index (χ4n) is 8.17. The summed E-state index contributed by atoms with van der Waals surface area (Å²) in [6.45, 7) is 13.6. The van der Waals surface area contributed by atoms with Crippen molar-refractivity contribution in [3.63, 3.8) is 0 Å². The van der Waals surface area contributed by atoms with E-state index in [0.717, 1.165) is 16.0 Å². The standard InChI is InChI=1S/C48H67ClN4O13S2/c1-29-13-12-14-35(55)47(7,62)27-46(6,28-64-31(3)54)44-48(8,66-44)36(26-41(60)52(10)33-24-32(23-29)25-34(63-11)42(33)49)65-43(61)30(2)51(9)38(57)17-19-45(4,5)68-67-22-20-50-37(56)18-21-53-39(58)15-16-40(53)59/h12-16,24-25,30,35-36,44,55,62H,17-23,26-28H2,1-11H3,(H,50,56)/b14-12+,29-13+/t30-,35+,36-,44-,46+,47-,48-/m0/s1. The predicted octanol–water partition coefficient (Wildman–Crippen LogP) is 5.12. The molecule has 7 atom stereocenters. The van der Waals surface area contributed by atoms with E-state index in [1.807, 2.05) is 20.8 Å². The normalized spacial score (nSPS) is 27.2. The Morgan fingerprint density at radius 3 is 2.40 bits per heavy atom. The topological polar surface area (TPSA) is 222 Å². The predicted molar refractivity (Wildman–Crippen MR) is 261 cm³/mol. The molecule has 3 N–H and O–H groups in total. The van der Waals surface area contributed by atoms with E-state index in [9.17, 15) is 43.8 Å². The number of allylic oxidation sites excluding steroid dienone is 3. The van der Waals surface area contributed by atoms with Crippen LogP contribution in [0.1, 0.15) is 93.1 Å². The highest BCUT2D eigenvalue weighted by Crippen LogP contribution is 2.54. The molecule has 5 amide bonds. The summed E-state index contributed by atoms with van der Waals surface area (Å²) in [5.74, 6) is -2.48. The second-order valence-corrected chi connectivity index (χ2v) is 22.5. The Balaban J connectivity index is 1.49. The van der Waals surface area contributed by atoms with E-state index in [1.54, 1.807) is 56.0 Å². The lowest BCUT2D eigenvalue weighted by molar-refractivity contribution is -0.162. The summed E-state index contributed by atoms with van der Waals surface area (Å²) < 4.78 is 23.3. The first-order valence-electron chi connectivity index (χ1n) is 22.4. The number of methoxy groups -OCH3 is 1. The highest BCUT2D eigenvalue weighted by atomic mass is 35.5. The zero-order valence-corrected chi connectivity index (χ0v) is 43.2. The Morgan fingerprint density at radius 2 is 1.76 bits per heavy atom. The number of fused-ring (bicyclic) bond motifs is 3. The highest BCUT2D eigenvalue weighted by Gasteiger charge is 2.68. The molecule has 1 fully saturated rings. The molecule has 2 bridgehead atoms. The molecule has 17 nitrogen and oxygen atoms in total. The minimum atomic E-state index is -1.77. The van der Waals surface area contributed by atoms with Gasteiger partial charge in [-0.25, -0.2) is 4.79 Å². The number of hydrogen-bond donors (Lipinski definition) is 3. The van der Waals surface area contributed by atoms with Gasteiger partial charge in [-0.2, -0.15) is 0 Å². The van der Waals surface area contributed by atoms with Crippen LogP contribution in [0.25, 0.3) is 0 Å². The van der Waals surface area contributed by atoms with Gasteiger partial charge in [0.05, 0.1) is 37.5 Å². The Morgan fingerprint density at radius 1 is 1.10 bits per heavy atom. The fraction of sp³-hybridized carbons (Fsp3) is 0.604. The van der Waals surface area contributed by atoms with Crippen LogP contribution in [0.15, 0.2) is 48.1 Å². The van der Waals surface area contributed by atoms with Crippen molar-refractivity contribution in [1.29, 1.82) is 0 Å². The maximum atomic E-state index is 14.4. The molecule has 3 heterocycles. The number of ether oxygens (including phenoxy) is 4. The van der Waals surface area contributed by atoms with E-state index in [2.05, 4.69) is 5.32 Å². The van der Waals surface area contributed by atoms with Gasteiger partial charge in [-0.05, 0) is 78.5 Å². The lowest BCUT2D eigenvalue weighted by Crippen LogP contribution is -2.50. The van der Waals surface area contributed by atoms with Gasteiger partial charge >= 0.3 is 11.9 Å². The number of carbonyl (C=O) groups excluding carboxylic acids is 7. The molecule has 3 aliphatic rings. The number of rotatable bonds is 17. The van der Waals surface area contributed by atoms with Gasteiger partial charge in [0.1, 0.15) is 34.6 Å². The van der Waals surface area contributed by atoms with Crippen LogP contribution in [0.3, 0.4) is 0 Å². The van der Waals surface area contributed by atoms with Gasteiger partial charge < -0.3 is 44.3 Å². The van der Waals surface area contributed by atoms with Crippen LogP contribution in [0, 0.1) is 5.41 Å². The monoisotopic (exact) mass is 1010 g/mol. The minimum absolute atomic E-state index is 0.00261. The third-order valence-corrected chi connectivity index (χ3v) is 16.2. The van der Waals surface area contributed by atoms with E-state index >= 15 is 0 Å². The zero-order chi connectivity index (χ0) is 50.9. The number of carbonyl (C=O) groups is 7. The summed E-state index contributed by atoms with van der Waals surface area (Å²) in [4.78, 5) is 93.6. The Kier molecular flexibility index (Phi) is 19.4. The first-order valence-corrected chi connectivity index (χ1v) is 25.1. The number of epoxide rings is 1. The lowest BCUT2D eigenvalue weighted by atomic mass is 9.71. The number of likely N-dealkylation sites (N-methyl/N-ethyl adjacent to an activating group) is 1. The van der Waals surface area contributed by atoms with E-state index < -0.39 is 77.1 Å². The summed E-state index contributed by atoms with van der Waals surface area (Å²) in [5, 5.41) is 26.0. The average Bonchev–Trinajstić information content (AvgIpc) is 3.88. The molecule has 0 radical (unpaired) electrons. The van der Waals surface area contributed by atoms with Crippen molar-refractivity contribution in [3.05, 3.63) is 58.7 Å². The number of aliphatic hydroxyl groups is 2. The smallest absolute Gasteiger partial charge is 0.328 e. The van der Waals surface area contributed by atoms with Crippen LogP contribution < -0.4 is 15.0 Å². The molecule has 20 heteroatoms. The summed E-state index contributed by atoms with van der Waals surface area (Å²) in [7, 11) is 7.57. The van der Waals surface area contributed by atoms with Crippen molar-refractivity contribution < 1.29 is 62.7 Å². The lowest BCUT2D eigenvalue weighted by Gasteiger charge is -2.38. The van der Waals surface area contributed by atoms with Crippen LogP contribution in [-0.2, 0) is 54.2 Å². The van der Waals surface area contributed by atoms with Crippen molar-refractivity contribution >= 4 is 80.4 Å². The number of nitrogens with zero attached hydrogens (tertiary/aromatic N) is 3. The molecule has 4 rings (SSSR count). The Labute approximate surface area is 412 Å². The van der Waals surface area contributed by atoms with Crippen molar-refractivity contribution in [2.75, 3.05) is 51.6 Å². The van der Waals surface area contributed by atoms with Crippen molar-refractivity contribution in [3.8, 4) is 5.75 Å².